The maximum atomic E-state index is 8.54. The van der Waals surface area contributed by atoms with Crippen molar-refractivity contribution in [1.82, 2.24) is 9.97 Å². The fraction of sp³-hybridized carbons (Fsp3) is 0.500. The van der Waals surface area contributed by atoms with Crippen LogP contribution in [0.15, 0.2) is 12.3 Å². The molecule has 1 heterocycles. The number of hydrogen-bond acceptors (Lipinski definition) is 3. The minimum Gasteiger partial charge on any atom is -0.388 e. The molecule has 0 aliphatic rings. The summed E-state index contributed by atoms with van der Waals surface area (Å²) >= 11 is 0. The minimum atomic E-state index is -0.0817. The minimum absolute atomic E-state index is 0.0817. The van der Waals surface area contributed by atoms with E-state index in [9.17, 15) is 0 Å². The number of aliphatic hydroxyl groups excluding tert-OH is 1. The van der Waals surface area contributed by atoms with Crippen LogP contribution in [0.5, 0.6) is 0 Å². The van der Waals surface area contributed by atoms with Crippen LogP contribution in [0.3, 0.4) is 0 Å². The van der Waals surface area contributed by atoms with E-state index < -0.39 is 0 Å². The molecule has 62 valence electrons. The molecule has 0 aromatic carbocycles. The summed E-state index contributed by atoms with van der Waals surface area (Å²) in [6.45, 7) is 5.78. The SMILES string of the molecule is CC.Cc1ccnc(CO)n1. The molecule has 0 radical (unpaired) electrons. The van der Waals surface area contributed by atoms with E-state index >= 15 is 0 Å². The lowest BCUT2D eigenvalue weighted by Gasteiger charge is -1.92. The third-order valence-electron chi connectivity index (χ3n) is 0.986. The summed E-state index contributed by atoms with van der Waals surface area (Å²) in [7, 11) is 0. The second-order valence-corrected chi connectivity index (χ2v) is 1.77. The van der Waals surface area contributed by atoms with E-state index in [-0.39, 0.29) is 6.61 Å². The van der Waals surface area contributed by atoms with E-state index in [1.165, 1.54) is 0 Å². The van der Waals surface area contributed by atoms with Crippen LogP contribution in [0.4, 0.5) is 0 Å². The molecule has 3 heteroatoms. The van der Waals surface area contributed by atoms with Crippen molar-refractivity contribution in [2.75, 3.05) is 0 Å². The number of aryl methyl sites for hydroxylation is 1. The van der Waals surface area contributed by atoms with Gasteiger partial charge in [0, 0.05) is 11.9 Å². The molecular formula is C8H14N2O. The Bertz CT molecular complexity index is 201. The van der Waals surface area contributed by atoms with E-state index in [1.807, 2.05) is 20.8 Å². The average molecular weight is 154 g/mol. The van der Waals surface area contributed by atoms with Crippen molar-refractivity contribution in [1.29, 1.82) is 0 Å². The number of rotatable bonds is 1. The van der Waals surface area contributed by atoms with Gasteiger partial charge in [-0.3, -0.25) is 0 Å². The van der Waals surface area contributed by atoms with E-state index in [2.05, 4.69) is 9.97 Å². The highest BCUT2D eigenvalue weighted by molar-refractivity contribution is 4.98. The Balaban J connectivity index is 0.000000461. The third-order valence-corrected chi connectivity index (χ3v) is 0.986. The van der Waals surface area contributed by atoms with E-state index in [0.29, 0.717) is 5.82 Å². The highest BCUT2D eigenvalue weighted by Gasteiger charge is 1.90. The lowest BCUT2D eigenvalue weighted by Crippen LogP contribution is -1.94. The van der Waals surface area contributed by atoms with Crippen molar-refractivity contribution in [2.45, 2.75) is 27.4 Å². The summed E-state index contributed by atoms with van der Waals surface area (Å²) in [6.07, 6.45) is 1.63. The van der Waals surface area contributed by atoms with Crippen LogP contribution in [0.25, 0.3) is 0 Å². The Hall–Kier alpha value is -0.960. The standard InChI is InChI=1S/C6H8N2O.C2H6/c1-5-2-3-7-6(4-9)8-5;1-2/h2-3,9H,4H2,1H3;1-2H3. The first-order valence-corrected chi connectivity index (χ1v) is 3.72. The van der Waals surface area contributed by atoms with E-state index in [0.717, 1.165) is 5.69 Å². The molecule has 0 saturated heterocycles. The maximum Gasteiger partial charge on any atom is 0.153 e. The fourth-order valence-electron chi connectivity index (χ4n) is 0.577. The van der Waals surface area contributed by atoms with Crippen LogP contribution in [0.2, 0.25) is 0 Å². The fourth-order valence-corrected chi connectivity index (χ4v) is 0.577. The third kappa shape index (κ3) is 3.68. The first kappa shape index (κ1) is 10.0. The van der Waals surface area contributed by atoms with Crippen molar-refractivity contribution in [3.05, 3.63) is 23.8 Å². The second kappa shape index (κ2) is 5.80. The average Bonchev–Trinajstić information content (AvgIpc) is 2.08. The summed E-state index contributed by atoms with van der Waals surface area (Å²) in [5, 5.41) is 8.54. The quantitative estimate of drug-likeness (QED) is 0.663. The van der Waals surface area contributed by atoms with E-state index in [1.54, 1.807) is 12.3 Å². The topological polar surface area (TPSA) is 46.0 Å². The molecule has 0 fully saturated rings. The Morgan fingerprint density at radius 1 is 1.45 bits per heavy atom. The predicted octanol–water partition coefficient (Wildman–Crippen LogP) is 1.30. The van der Waals surface area contributed by atoms with Gasteiger partial charge in [-0.2, -0.15) is 0 Å². The van der Waals surface area contributed by atoms with Crippen molar-refractivity contribution in [3.63, 3.8) is 0 Å². The van der Waals surface area contributed by atoms with Crippen LogP contribution in [0, 0.1) is 6.92 Å². The van der Waals surface area contributed by atoms with Crippen molar-refractivity contribution >= 4 is 0 Å². The summed E-state index contributed by atoms with van der Waals surface area (Å²) in [5.41, 5.74) is 0.883. The molecule has 1 aromatic rings. The first-order valence-electron chi connectivity index (χ1n) is 3.72. The molecule has 0 unspecified atom stereocenters. The van der Waals surface area contributed by atoms with Gasteiger partial charge < -0.3 is 5.11 Å². The van der Waals surface area contributed by atoms with Gasteiger partial charge in [0.05, 0.1) is 0 Å². The summed E-state index contributed by atoms with van der Waals surface area (Å²) in [4.78, 5) is 7.73. The molecule has 3 nitrogen and oxygen atoms in total. The van der Waals surface area contributed by atoms with Crippen LogP contribution < -0.4 is 0 Å². The van der Waals surface area contributed by atoms with Gasteiger partial charge in [0.2, 0.25) is 0 Å². The van der Waals surface area contributed by atoms with Crippen LogP contribution in [-0.2, 0) is 6.61 Å². The highest BCUT2D eigenvalue weighted by atomic mass is 16.3. The maximum absolute atomic E-state index is 8.54. The largest absolute Gasteiger partial charge is 0.388 e. The zero-order valence-corrected chi connectivity index (χ0v) is 7.20. The number of hydrogen-bond donors (Lipinski definition) is 1. The van der Waals surface area contributed by atoms with Gasteiger partial charge in [0.1, 0.15) is 6.61 Å². The van der Waals surface area contributed by atoms with Gasteiger partial charge in [-0.05, 0) is 13.0 Å². The highest BCUT2D eigenvalue weighted by Crippen LogP contribution is 1.91. The molecule has 0 aliphatic carbocycles. The Labute approximate surface area is 67.1 Å². The summed E-state index contributed by atoms with van der Waals surface area (Å²) in [5.74, 6) is 0.481. The lowest BCUT2D eigenvalue weighted by atomic mass is 10.4. The molecule has 0 amide bonds. The van der Waals surface area contributed by atoms with Crippen molar-refractivity contribution < 1.29 is 5.11 Å². The Morgan fingerprint density at radius 2 is 2.09 bits per heavy atom. The molecule has 0 atom stereocenters. The molecular weight excluding hydrogens is 140 g/mol. The van der Waals surface area contributed by atoms with Gasteiger partial charge in [0.25, 0.3) is 0 Å². The molecule has 1 aromatic heterocycles. The molecule has 1 rings (SSSR count). The molecule has 1 N–H and O–H groups in total. The van der Waals surface area contributed by atoms with E-state index in [4.69, 9.17) is 5.11 Å². The van der Waals surface area contributed by atoms with Crippen LogP contribution >= 0.6 is 0 Å². The Kier molecular flexibility index (Phi) is 5.29. The molecule has 0 saturated carbocycles. The van der Waals surface area contributed by atoms with Crippen molar-refractivity contribution in [3.8, 4) is 0 Å². The molecule has 11 heavy (non-hydrogen) atoms. The summed E-state index contributed by atoms with van der Waals surface area (Å²) < 4.78 is 0. The zero-order valence-electron chi connectivity index (χ0n) is 7.20. The smallest absolute Gasteiger partial charge is 0.153 e. The van der Waals surface area contributed by atoms with Crippen molar-refractivity contribution in [2.24, 2.45) is 0 Å². The van der Waals surface area contributed by atoms with Gasteiger partial charge >= 0.3 is 0 Å². The predicted molar refractivity (Wildman–Crippen MR) is 44.0 cm³/mol. The number of nitrogens with zero attached hydrogens (tertiary/aromatic N) is 2. The number of aliphatic hydroxyl groups is 1. The zero-order chi connectivity index (χ0) is 8.69. The van der Waals surface area contributed by atoms with Gasteiger partial charge in [-0.25, -0.2) is 9.97 Å². The molecule has 0 bridgehead atoms. The second-order valence-electron chi connectivity index (χ2n) is 1.77. The van der Waals surface area contributed by atoms with Crippen LogP contribution in [0.1, 0.15) is 25.4 Å². The summed E-state index contributed by atoms with van der Waals surface area (Å²) in [6, 6.07) is 1.79. The van der Waals surface area contributed by atoms with Gasteiger partial charge in [-0.15, -0.1) is 0 Å². The lowest BCUT2D eigenvalue weighted by molar-refractivity contribution is 0.271. The number of aromatic nitrogens is 2. The van der Waals surface area contributed by atoms with Gasteiger partial charge in [0.15, 0.2) is 5.82 Å². The Morgan fingerprint density at radius 3 is 2.45 bits per heavy atom. The normalized spacial score (nSPS) is 8.36. The first-order chi connectivity index (χ1) is 5.33. The molecule has 0 aliphatic heterocycles. The monoisotopic (exact) mass is 154 g/mol. The molecule has 0 spiro atoms. The van der Waals surface area contributed by atoms with Gasteiger partial charge in [-0.1, -0.05) is 13.8 Å². The van der Waals surface area contributed by atoms with Crippen LogP contribution in [-0.4, -0.2) is 15.1 Å².